The van der Waals surface area contributed by atoms with Crippen LogP contribution in [0.15, 0.2) is 54.6 Å². The zero-order valence-electron chi connectivity index (χ0n) is 19.0. The highest BCUT2D eigenvalue weighted by Crippen LogP contribution is 2.31. The number of nitrogens with zero attached hydrogens (tertiary/aromatic N) is 3. The molecule has 1 saturated heterocycles. The fourth-order valence-corrected chi connectivity index (χ4v) is 4.96. The minimum absolute atomic E-state index is 0.337. The molecule has 8 nitrogen and oxygen atoms in total. The van der Waals surface area contributed by atoms with Crippen LogP contribution in [-0.4, -0.2) is 54.6 Å². The second-order valence-electron chi connectivity index (χ2n) is 8.07. The van der Waals surface area contributed by atoms with Crippen molar-refractivity contribution in [2.24, 2.45) is 0 Å². The summed E-state index contributed by atoms with van der Waals surface area (Å²) in [5.41, 5.74) is 3.11. The third kappa shape index (κ3) is 5.03. The summed E-state index contributed by atoms with van der Waals surface area (Å²) in [6.45, 7) is 4.51. The number of nitrogens with one attached hydrogen (secondary N) is 1. The van der Waals surface area contributed by atoms with Crippen LogP contribution in [0.2, 0.25) is 0 Å². The summed E-state index contributed by atoms with van der Waals surface area (Å²) >= 11 is 1.21. The molecule has 0 radical (unpaired) electrons. The molecule has 3 heterocycles. The first-order chi connectivity index (χ1) is 17.0. The van der Waals surface area contributed by atoms with Crippen LogP contribution in [0.4, 0.5) is 15.8 Å². The van der Waals surface area contributed by atoms with Crippen molar-refractivity contribution >= 4 is 44.8 Å². The van der Waals surface area contributed by atoms with Crippen LogP contribution in [0.3, 0.4) is 0 Å². The van der Waals surface area contributed by atoms with E-state index in [9.17, 15) is 14.0 Å². The summed E-state index contributed by atoms with van der Waals surface area (Å²) in [6, 6.07) is 15.2. The molecule has 0 bridgehead atoms. The SMILES string of the molecule is Cc1nn(-c2ccc(F)cc2)c2sc(C(=O)OCC(=O)Nc3ccc(N4CCOCC4)cc3)cc12. The summed E-state index contributed by atoms with van der Waals surface area (Å²) in [5.74, 6) is -1.35. The Labute approximate surface area is 204 Å². The van der Waals surface area contributed by atoms with Gasteiger partial charge in [0, 0.05) is 29.9 Å². The van der Waals surface area contributed by atoms with Crippen molar-refractivity contribution in [2.75, 3.05) is 43.1 Å². The van der Waals surface area contributed by atoms with Gasteiger partial charge in [-0.3, -0.25) is 4.79 Å². The molecule has 0 atom stereocenters. The first kappa shape index (κ1) is 23.0. The molecule has 1 amide bonds. The molecule has 5 rings (SSSR count). The third-order valence-electron chi connectivity index (χ3n) is 5.68. The molecule has 4 aromatic rings. The fourth-order valence-electron chi connectivity index (χ4n) is 3.88. The molecular weight excluding hydrogens is 471 g/mol. The molecule has 1 aliphatic rings. The van der Waals surface area contributed by atoms with E-state index in [1.807, 2.05) is 31.2 Å². The van der Waals surface area contributed by atoms with Crippen LogP contribution < -0.4 is 10.2 Å². The molecule has 0 unspecified atom stereocenters. The quantitative estimate of drug-likeness (QED) is 0.405. The van der Waals surface area contributed by atoms with Crippen molar-refractivity contribution in [3.63, 3.8) is 0 Å². The molecule has 0 spiro atoms. The van der Waals surface area contributed by atoms with Crippen molar-refractivity contribution < 1.29 is 23.5 Å². The van der Waals surface area contributed by atoms with Gasteiger partial charge in [-0.2, -0.15) is 5.10 Å². The van der Waals surface area contributed by atoms with Crippen molar-refractivity contribution in [1.82, 2.24) is 9.78 Å². The van der Waals surface area contributed by atoms with Crippen LogP contribution in [-0.2, 0) is 14.3 Å². The van der Waals surface area contributed by atoms with E-state index in [0.717, 1.165) is 34.7 Å². The van der Waals surface area contributed by atoms with Crippen molar-refractivity contribution in [3.8, 4) is 5.69 Å². The van der Waals surface area contributed by atoms with Crippen molar-refractivity contribution in [3.05, 3.63) is 71.0 Å². The van der Waals surface area contributed by atoms with Crippen molar-refractivity contribution in [1.29, 1.82) is 0 Å². The Kier molecular flexibility index (Phi) is 6.47. The molecule has 1 aliphatic heterocycles. The third-order valence-corrected chi connectivity index (χ3v) is 6.77. The lowest BCUT2D eigenvalue weighted by molar-refractivity contribution is -0.119. The second kappa shape index (κ2) is 9.85. The molecule has 35 heavy (non-hydrogen) atoms. The van der Waals surface area contributed by atoms with Gasteiger partial charge in [-0.25, -0.2) is 13.9 Å². The average molecular weight is 495 g/mol. The predicted octanol–water partition coefficient (Wildman–Crippen LogP) is 4.17. The van der Waals surface area contributed by atoms with Gasteiger partial charge in [0.15, 0.2) is 6.61 Å². The van der Waals surface area contributed by atoms with Crippen LogP contribution in [0.25, 0.3) is 15.9 Å². The molecule has 1 N–H and O–H groups in total. The van der Waals surface area contributed by atoms with Gasteiger partial charge in [0.05, 0.1) is 24.6 Å². The normalized spacial score (nSPS) is 13.7. The first-order valence-electron chi connectivity index (χ1n) is 11.1. The van der Waals surface area contributed by atoms with Crippen molar-refractivity contribution in [2.45, 2.75) is 6.92 Å². The van der Waals surface area contributed by atoms with Gasteiger partial charge in [0.25, 0.3) is 5.91 Å². The number of halogens is 1. The fraction of sp³-hybridized carbons (Fsp3) is 0.240. The molecule has 1 fully saturated rings. The molecule has 0 aliphatic carbocycles. The number of amides is 1. The van der Waals surface area contributed by atoms with Gasteiger partial charge in [-0.15, -0.1) is 11.3 Å². The van der Waals surface area contributed by atoms with Gasteiger partial charge < -0.3 is 19.7 Å². The van der Waals surface area contributed by atoms with E-state index in [1.165, 1.54) is 23.5 Å². The Morgan fingerprint density at radius 3 is 2.49 bits per heavy atom. The summed E-state index contributed by atoms with van der Waals surface area (Å²) in [4.78, 5) is 28.2. The van der Waals surface area contributed by atoms with Crippen LogP contribution in [0.5, 0.6) is 0 Å². The number of rotatable bonds is 6. The van der Waals surface area contributed by atoms with E-state index in [-0.39, 0.29) is 5.82 Å². The first-order valence-corrected chi connectivity index (χ1v) is 11.9. The molecule has 0 saturated carbocycles. The average Bonchev–Trinajstić information content (AvgIpc) is 3.45. The number of thiophene rings is 1. The molecule has 2 aromatic carbocycles. The highest BCUT2D eigenvalue weighted by atomic mass is 32.1. The number of hydrogen-bond donors (Lipinski definition) is 1. The molecule has 10 heteroatoms. The highest BCUT2D eigenvalue weighted by molar-refractivity contribution is 7.20. The van der Waals surface area contributed by atoms with Gasteiger partial charge in [-0.1, -0.05) is 0 Å². The standard InChI is InChI=1S/C25H23FN4O4S/c1-16-21-14-22(35-24(21)30(28-16)20-6-2-17(26)3-7-20)25(32)34-15-23(31)27-18-4-8-19(9-5-18)29-10-12-33-13-11-29/h2-9,14H,10-13,15H2,1H3,(H,27,31). The van der Waals surface area contributed by atoms with E-state index < -0.39 is 18.5 Å². The largest absolute Gasteiger partial charge is 0.451 e. The van der Waals surface area contributed by atoms with Gasteiger partial charge in [-0.05, 0) is 61.5 Å². The molecular formula is C25H23FN4O4S. The Morgan fingerprint density at radius 2 is 1.77 bits per heavy atom. The number of aromatic nitrogens is 2. The summed E-state index contributed by atoms with van der Waals surface area (Å²) in [7, 11) is 0. The zero-order chi connectivity index (χ0) is 24.4. The number of esters is 1. The Balaban J connectivity index is 1.20. The van der Waals surface area contributed by atoms with Crippen LogP contribution >= 0.6 is 11.3 Å². The Morgan fingerprint density at radius 1 is 1.09 bits per heavy atom. The zero-order valence-corrected chi connectivity index (χ0v) is 19.8. The van der Waals surface area contributed by atoms with Crippen LogP contribution in [0.1, 0.15) is 15.4 Å². The lowest BCUT2D eigenvalue weighted by atomic mass is 10.2. The monoisotopic (exact) mass is 494 g/mol. The maximum Gasteiger partial charge on any atom is 0.348 e. The number of carbonyl (C=O) groups excluding carboxylic acids is 2. The van der Waals surface area contributed by atoms with E-state index in [1.54, 1.807) is 22.9 Å². The van der Waals surface area contributed by atoms with Gasteiger partial charge in [0.1, 0.15) is 15.5 Å². The Hall–Kier alpha value is -3.76. The maximum atomic E-state index is 13.3. The number of carbonyl (C=O) groups is 2. The highest BCUT2D eigenvalue weighted by Gasteiger charge is 2.19. The van der Waals surface area contributed by atoms with Crippen LogP contribution in [0, 0.1) is 12.7 Å². The van der Waals surface area contributed by atoms with Gasteiger partial charge in [0.2, 0.25) is 0 Å². The number of ether oxygens (including phenoxy) is 2. The summed E-state index contributed by atoms with van der Waals surface area (Å²) < 4.78 is 25.6. The van der Waals surface area contributed by atoms with E-state index in [2.05, 4.69) is 15.3 Å². The number of benzene rings is 2. The minimum Gasteiger partial charge on any atom is -0.451 e. The van der Waals surface area contributed by atoms with E-state index in [4.69, 9.17) is 9.47 Å². The number of anilines is 2. The topological polar surface area (TPSA) is 85.7 Å². The summed E-state index contributed by atoms with van der Waals surface area (Å²) in [6.07, 6.45) is 0. The number of morpholine rings is 1. The molecule has 2 aromatic heterocycles. The van der Waals surface area contributed by atoms with Gasteiger partial charge >= 0.3 is 5.97 Å². The van der Waals surface area contributed by atoms with E-state index >= 15 is 0 Å². The minimum atomic E-state index is -0.589. The summed E-state index contributed by atoms with van der Waals surface area (Å²) in [5, 5.41) is 8.03. The second-order valence-corrected chi connectivity index (χ2v) is 9.10. The lowest BCUT2D eigenvalue weighted by Crippen LogP contribution is -2.36. The predicted molar refractivity (Wildman–Crippen MR) is 132 cm³/mol. The number of aryl methyl sites for hydroxylation is 1. The smallest absolute Gasteiger partial charge is 0.348 e. The number of hydrogen-bond acceptors (Lipinski definition) is 7. The Bertz CT molecular complexity index is 1360. The van der Waals surface area contributed by atoms with E-state index in [0.29, 0.717) is 29.5 Å². The lowest BCUT2D eigenvalue weighted by Gasteiger charge is -2.28. The number of fused-ring (bicyclic) bond motifs is 1. The molecule has 180 valence electrons. The maximum absolute atomic E-state index is 13.3.